The van der Waals surface area contributed by atoms with Crippen LogP contribution in [0.4, 0.5) is 10.5 Å². The molecule has 5 heteroatoms. The van der Waals surface area contributed by atoms with Crippen LogP contribution < -0.4 is 10.6 Å². The summed E-state index contributed by atoms with van der Waals surface area (Å²) in [5.74, 6) is 0. The van der Waals surface area contributed by atoms with E-state index in [-0.39, 0.29) is 6.03 Å². The summed E-state index contributed by atoms with van der Waals surface area (Å²) >= 11 is 5.94. The molecule has 0 fully saturated rings. The first-order valence-electron chi connectivity index (χ1n) is 5.48. The van der Waals surface area contributed by atoms with E-state index < -0.39 is 6.10 Å². The third-order valence-electron chi connectivity index (χ3n) is 2.28. The number of rotatable bonds is 4. The molecule has 0 bridgehead atoms. The lowest BCUT2D eigenvalue weighted by molar-refractivity contribution is 0.184. The van der Waals surface area contributed by atoms with Crippen LogP contribution in [-0.4, -0.2) is 23.8 Å². The van der Waals surface area contributed by atoms with Crippen molar-refractivity contribution in [3.8, 4) is 0 Å². The van der Waals surface area contributed by atoms with Crippen LogP contribution in [0.5, 0.6) is 0 Å². The van der Waals surface area contributed by atoms with Gasteiger partial charge in [0.25, 0.3) is 0 Å². The Morgan fingerprint density at radius 2 is 2.24 bits per heavy atom. The molecule has 2 amide bonds. The predicted octanol–water partition coefficient (Wildman–Crippen LogP) is 2.54. The van der Waals surface area contributed by atoms with Crippen LogP contribution in [0.2, 0.25) is 5.02 Å². The average Bonchev–Trinajstić information content (AvgIpc) is 2.23. The Morgan fingerprint density at radius 3 is 2.82 bits per heavy atom. The van der Waals surface area contributed by atoms with Crippen LogP contribution >= 0.6 is 11.6 Å². The zero-order chi connectivity index (χ0) is 12.8. The zero-order valence-electron chi connectivity index (χ0n) is 9.96. The van der Waals surface area contributed by atoms with Gasteiger partial charge in [-0.2, -0.15) is 0 Å². The topological polar surface area (TPSA) is 61.4 Å². The minimum atomic E-state index is -0.413. The third-order valence-corrected chi connectivity index (χ3v) is 2.68. The second-order valence-corrected chi connectivity index (χ2v) is 4.39. The largest absolute Gasteiger partial charge is 0.393 e. The van der Waals surface area contributed by atoms with Gasteiger partial charge in [0.05, 0.1) is 6.10 Å². The van der Waals surface area contributed by atoms with E-state index in [1.165, 1.54) is 0 Å². The number of amides is 2. The summed E-state index contributed by atoms with van der Waals surface area (Å²) in [6.45, 7) is 4.01. The van der Waals surface area contributed by atoms with E-state index >= 15 is 0 Å². The number of aliphatic hydroxyl groups is 1. The molecule has 0 radical (unpaired) electrons. The van der Waals surface area contributed by atoms with E-state index in [0.717, 1.165) is 5.56 Å². The number of carbonyl (C=O) groups is 1. The third kappa shape index (κ3) is 5.06. The molecule has 1 aromatic rings. The molecular weight excluding hydrogens is 240 g/mol. The Kier molecular flexibility index (Phi) is 5.25. The molecule has 1 atom stereocenters. The fraction of sp³-hybridized carbons (Fsp3) is 0.417. The van der Waals surface area contributed by atoms with Crippen molar-refractivity contribution in [3.05, 3.63) is 28.8 Å². The number of halogens is 1. The van der Waals surface area contributed by atoms with E-state index in [0.29, 0.717) is 23.7 Å². The number of nitrogens with one attached hydrogen (secondary N) is 2. The van der Waals surface area contributed by atoms with E-state index in [2.05, 4.69) is 10.6 Å². The van der Waals surface area contributed by atoms with Crippen molar-refractivity contribution >= 4 is 23.3 Å². The van der Waals surface area contributed by atoms with Gasteiger partial charge in [-0.05, 0) is 38.0 Å². The molecule has 4 nitrogen and oxygen atoms in total. The van der Waals surface area contributed by atoms with Gasteiger partial charge < -0.3 is 15.7 Å². The molecule has 1 unspecified atom stereocenters. The molecule has 1 aromatic carbocycles. The van der Waals surface area contributed by atoms with Crippen molar-refractivity contribution in [3.63, 3.8) is 0 Å². The maximum atomic E-state index is 11.4. The predicted molar refractivity (Wildman–Crippen MR) is 69.5 cm³/mol. The number of anilines is 1. The standard InChI is InChI=1S/C12H17ClN2O2/c1-8-3-4-10(7-11(8)13)15-12(17)14-6-5-9(2)16/h3-4,7,9,16H,5-6H2,1-2H3,(H2,14,15,17). The summed E-state index contributed by atoms with van der Waals surface area (Å²) in [5, 5.41) is 15.0. The highest BCUT2D eigenvalue weighted by Gasteiger charge is 2.03. The lowest BCUT2D eigenvalue weighted by atomic mass is 10.2. The first-order valence-corrected chi connectivity index (χ1v) is 5.86. The number of benzene rings is 1. The molecule has 0 aliphatic carbocycles. The highest BCUT2D eigenvalue weighted by atomic mass is 35.5. The molecule has 0 saturated heterocycles. The van der Waals surface area contributed by atoms with Gasteiger partial charge in [-0.15, -0.1) is 0 Å². The Bertz CT molecular complexity index is 394. The summed E-state index contributed by atoms with van der Waals surface area (Å²) in [6.07, 6.45) is 0.117. The van der Waals surface area contributed by atoms with Crippen molar-refractivity contribution in [2.24, 2.45) is 0 Å². The highest BCUT2D eigenvalue weighted by molar-refractivity contribution is 6.31. The van der Waals surface area contributed by atoms with Crippen molar-refractivity contribution in [2.45, 2.75) is 26.4 Å². The summed E-state index contributed by atoms with van der Waals surface area (Å²) in [6, 6.07) is 5.03. The van der Waals surface area contributed by atoms with E-state index in [1.54, 1.807) is 19.1 Å². The van der Waals surface area contributed by atoms with Gasteiger partial charge in [-0.1, -0.05) is 17.7 Å². The van der Waals surface area contributed by atoms with Crippen LogP contribution in [0.25, 0.3) is 0 Å². The molecule has 17 heavy (non-hydrogen) atoms. The maximum absolute atomic E-state index is 11.4. The van der Waals surface area contributed by atoms with Gasteiger partial charge in [0, 0.05) is 17.3 Å². The summed E-state index contributed by atoms with van der Waals surface area (Å²) in [4.78, 5) is 11.4. The SMILES string of the molecule is Cc1ccc(NC(=O)NCCC(C)O)cc1Cl. The number of hydrogen-bond donors (Lipinski definition) is 3. The Hall–Kier alpha value is -1.26. The number of urea groups is 1. The van der Waals surface area contributed by atoms with E-state index in [9.17, 15) is 4.79 Å². The molecular formula is C12H17ClN2O2. The number of hydrogen-bond acceptors (Lipinski definition) is 2. The molecule has 0 spiro atoms. The lowest BCUT2D eigenvalue weighted by Crippen LogP contribution is -2.30. The molecule has 0 aromatic heterocycles. The first-order chi connectivity index (χ1) is 7.99. The fourth-order valence-corrected chi connectivity index (χ4v) is 1.42. The number of aryl methyl sites for hydroxylation is 1. The quantitative estimate of drug-likeness (QED) is 0.775. The second-order valence-electron chi connectivity index (χ2n) is 3.98. The van der Waals surface area contributed by atoms with Crippen molar-refractivity contribution < 1.29 is 9.90 Å². The van der Waals surface area contributed by atoms with Crippen molar-refractivity contribution in [2.75, 3.05) is 11.9 Å². The highest BCUT2D eigenvalue weighted by Crippen LogP contribution is 2.19. The van der Waals surface area contributed by atoms with E-state index in [4.69, 9.17) is 16.7 Å². The first kappa shape index (κ1) is 13.8. The molecule has 0 aliphatic rings. The van der Waals surface area contributed by atoms with Crippen LogP contribution in [0, 0.1) is 6.92 Å². The molecule has 0 saturated carbocycles. The maximum Gasteiger partial charge on any atom is 0.319 e. The number of carbonyl (C=O) groups excluding carboxylic acids is 1. The normalized spacial score (nSPS) is 12.0. The van der Waals surface area contributed by atoms with Gasteiger partial charge in [-0.3, -0.25) is 0 Å². The molecule has 94 valence electrons. The molecule has 1 rings (SSSR count). The smallest absolute Gasteiger partial charge is 0.319 e. The monoisotopic (exact) mass is 256 g/mol. The number of aliphatic hydroxyl groups excluding tert-OH is 1. The Balaban J connectivity index is 2.42. The van der Waals surface area contributed by atoms with Gasteiger partial charge in [0.15, 0.2) is 0 Å². The summed E-state index contributed by atoms with van der Waals surface area (Å²) in [5.41, 5.74) is 1.61. The fourth-order valence-electron chi connectivity index (χ4n) is 1.24. The minimum Gasteiger partial charge on any atom is -0.393 e. The molecule has 3 N–H and O–H groups in total. The summed E-state index contributed by atoms with van der Waals surface area (Å²) in [7, 11) is 0. The van der Waals surface area contributed by atoms with Crippen molar-refractivity contribution in [1.82, 2.24) is 5.32 Å². The molecule has 0 aliphatic heterocycles. The summed E-state index contributed by atoms with van der Waals surface area (Å²) < 4.78 is 0. The Morgan fingerprint density at radius 1 is 1.53 bits per heavy atom. The van der Waals surface area contributed by atoms with Crippen LogP contribution in [-0.2, 0) is 0 Å². The average molecular weight is 257 g/mol. The van der Waals surface area contributed by atoms with Crippen LogP contribution in [0.15, 0.2) is 18.2 Å². The second kappa shape index (κ2) is 6.47. The van der Waals surface area contributed by atoms with Gasteiger partial charge in [0.2, 0.25) is 0 Å². The van der Waals surface area contributed by atoms with E-state index in [1.807, 2.05) is 13.0 Å². The van der Waals surface area contributed by atoms with Crippen molar-refractivity contribution in [1.29, 1.82) is 0 Å². The Labute approximate surface area is 106 Å². The van der Waals surface area contributed by atoms with Gasteiger partial charge in [-0.25, -0.2) is 4.79 Å². The van der Waals surface area contributed by atoms with Crippen LogP contribution in [0.1, 0.15) is 18.9 Å². The van der Waals surface area contributed by atoms with Gasteiger partial charge in [0.1, 0.15) is 0 Å². The minimum absolute atomic E-state index is 0.300. The molecule has 0 heterocycles. The zero-order valence-corrected chi connectivity index (χ0v) is 10.7. The lowest BCUT2D eigenvalue weighted by Gasteiger charge is -2.09. The van der Waals surface area contributed by atoms with Crippen LogP contribution in [0.3, 0.4) is 0 Å². The van der Waals surface area contributed by atoms with Gasteiger partial charge >= 0.3 is 6.03 Å².